The number of aromatic nitrogens is 1. The highest BCUT2D eigenvalue weighted by Crippen LogP contribution is 2.08. The van der Waals surface area contributed by atoms with E-state index in [-0.39, 0.29) is 0 Å². The Morgan fingerprint density at radius 3 is 2.55 bits per heavy atom. The molecule has 0 aromatic carbocycles. The average molecular weight is 167 g/mol. The quantitative estimate of drug-likeness (QED) is 0.627. The Kier molecular flexibility index (Phi) is 2.38. The molecule has 0 saturated heterocycles. The van der Waals surface area contributed by atoms with Gasteiger partial charge in [0, 0.05) is 25.1 Å². The predicted octanol–water partition coefficient (Wildman–Crippen LogP) is 0.761. The standard InChI is InChI=1S/C7H9N3S/c1-10(7(8)11)6-2-4-9-5-3-6/h2-5H,1H3,(H2,8,11). The van der Waals surface area contributed by atoms with Gasteiger partial charge < -0.3 is 10.6 Å². The number of rotatable bonds is 1. The van der Waals surface area contributed by atoms with Crippen molar-refractivity contribution in [2.45, 2.75) is 0 Å². The maximum atomic E-state index is 5.40. The zero-order chi connectivity index (χ0) is 8.27. The van der Waals surface area contributed by atoms with Crippen LogP contribution in [-0.2, 0) is 0 Å². The van der Waals surface area contributed by atoms with Crippen molar-refractivity contribution in [1.82, 2.24) is 4.98 Å². The van der Waals surface area contributed by atoms with Crippen molar-refractivity contribution >= 4 is 23.0 Å². The van der Waals surface area contributed by atoms with E-state index in [1.54, 1.807) is 17.3 Å². The van der Waals surface area contributed by atoms with Crippen LogP contribution in [0.2, 0.25) is 0 Å². The highest BCUT2D eigenvalue weighted by Gasteiger charge is 2.00. The predicted molar refractivity (Wildman–Crippen MR) is 49.4 cm³/mol. The van der Waals surface area contributed by atoms with E-state index < -0.39 is 0 Å². The molecule has 1 aromatic rings. The van der Waals surface area contributed by atoms with Gasteiger partial charge in [-0.15, -0.1) is 0 Å². The van der Waals surface area contributed by atoms with Crippen LogP contribution in [0.15, 0.2) is 24.5 Å². The SMILES string of the molecule is CN(C(N)=S)c1ccncc1. The van der Waals surface area contributed by atoms with Gasteiger partial charge in [-0.2, -0.15) is 0 Å². The molecule has 3 nitrogen and oxygen atoms in total. The minimum Gasteiger partial charge on any atom is -0.376 e. The Morgan fingerprint density at radius 1 is 1.55 bits per heavy atom. The first-order valence-electron chi connectivity index (χ1n) is 3.15. The van der Waals surface area contributed by atoms with Crippen LogP contribution in [0, 0.1) is 0 Å². The summed E-state index contributed by atoms with van der Waals surface area (Å²) in [6.07, 6.45) is 3.40. The van der Waals surface area contributed by atoms with E-state index in [0.29, 0.717) is 5.11 Å². The van der Waals surface area contributed by atoms with Crippen LogP contribution in [0.5, 0.6) is 0 Å². The lowest BCUT2D eigenvalue weighted by molar-refractivity contribution is 1.23. The van der Waals surface area contributed by atoms with E-state index in [2.05, 4.69) is 4.98 Å². The Labute approximate surface area is 70.8 Å². The van der Waals surface area contributed by atoms with Gasteiger partial charge in [-0.1, -0.05) is 0 Å². The van der Waals surface area contributed by atoms with Crippen LogP contribution in [0.4, 0.5) is 5.69 Å². The minimum atomic E-state index is 0.358. The van der Waals surface area contributed by atoms with Gasteiger partial charge in [-0.3, -0.25) is 4.98 Å². The van der Waals surface area contributed by atoms with Crippen molar-refractivity contribution in [3.63, 3.8) is 0 Å². The van der Waals surface area contributed by atoms with Crippen LogP contribution in [0.25, 0.3) is 0 Å². The van der Waals surface area contributed by atoms with Crippen LogP contribution in [0.1, 0.15) is 0 Å². The fourth-order valence-corrected chi connectivity index (χ4v) is 0.800. The zero-order valence-electron chi connectivity index (χ0n) is 6.19. The average Bonchev–Trinajstić information content (AvgIpc) is 2.05. The van der Waals surface area contributed by atoms with E-state index in [4.69, 9.17) is 18.0 Å². The lowest BCUT2D eigenvalue weighted by atomic mass is 10.4. The van der Waals surface area contributed by atoms with Gasteiger partial charge in [-0.05, 0) is 24.4 Å². The number of nitrogens with zero attached hydrogens (tertiary/aromatic N) is 2. The van der Waals surface area contributed by atoms with Crippen molar-refractivity contribution < 1.29 is 0 Å². The summed E-state index contributed by atoms with van der Waals surface area (Å²) in [4.78, 5) is 5.60. The summed E-state index contributed by atoms with van der Waals surface area (Å²) in [5, 5.41) is 0.358. The fourth-order valence-electron chi connectivity index (χ4n) is 0.695. The highest BCUT2D eigenvalue weighted by molar-refractivity contribution is 7.80. The number of nitrogens with two attached hydrogens (primary N) is 1. The Bertz CT molecular complexity index is 247. The summed E-state index contributed by atoms with van der Waals surface area (Å²) in [5.41, 5.74) is 6.36. The summed E-state index contributed by atoms with van der Waals surface area (Å²) in [6.45, 7) is 0. The van der Waals surface area contributed by atoms with E-state index in [1.807, 2.05) is 19.2 Å². The molecule has 0 amide bonds. The van der Waals surface area contributed by atoms with Crippen molar-refractivity contribution in [2.75, 3.05) is 11.9 Å². The molecule has 2 N–H and O–H groups in total. The van der Waals surface area contributed by atoms with E-state index >= 15 is 0 Å². The zero-order valence-corrected chi connectivity index (χ0v) is 7.01. The second kappa shape index (κ2) is 3.30. The molecule has 0 bridgehead atoms. The van der Waals surface area contributed by atoms with Crippen molar-refractivity contribution in [3.05, 3.63) is 24.5 Å². The molecule has 0 aliphatic carbocycles. The first kappa shape index (κ1) is 7.94. The monoisotopic (exact) mass is 167 g/mol. The molecule has 0 spiro atoms. The molecule has 0 aliphatic heterocycles. The number of pyridine rings is 1. The Morgan fingerprint density at radius 2 is 2.09 bits per heavy atom. The normalized spacial score (nSPS) is 9.18. The smallest absolute Gasteiger partial charge is 0.170 e. The third-order valence-corrected chi connectivity index (χ3v) is 1.65. The van der Waals surface area contributed by atoms with E-state index in [1.165, 1.54) is 0 Å². The lowest BCUT2D eigenvalue weighted by Gasteiger charge is -2.15. The van der Waals surface area contributed by atoms with Gasteiger partial charge in [0.1, 0.15) is 0 Å². The lowest BCUT2D eigenvalue weighted by Crippen LogP contribution is -2.31. The van der Waals surface area contributed by atoms with Gasteiger partial charge >= 0.3 is 0 Å². The van der Waals surface area contributed by atoms with Crippen LogP contribution in [0.3, 0.4) is 0 Å². The van der Waals surface area contributed by atoms with E-state index in [0.717, 1.165) is 5.69 Å². The van der Waals surface area contributed by atoms with Gasteiger partial charge in [0.25, 0.3) is 0 Å². The molecule has 1 aromatic heterocycles. The first-order valence-corrected chi connectivity index (χ1v) is 3.56. The highest BCUT2D eigenvalue weighted by atomic mass is 32.1. The first-order chi connectivity index (χ1) is 5.22. The van der Waals surface area contributed by atoms with Gasteiger partial charge in [0.05, 0.1) is 0 Å². The van der Waals surface area contributed by atoms with Crippen LogP contribution >= 0.6 is 12.2 Å². The van der Waals surface area contributed by atoms with Crippen molar-refractivity contribution in [3.8, 4) is 0 Å². The van der Waals surface area contributed by atoms with Gasteiger partial charge in [0.2, 0.25) is 0 Å². The molecule has 1 heterocycles. The largest absolute Gasteiger partial charge is 0.376 e. The molecule has 4 heteroatoms. The van der Waals surface area contributed by atoms with Crippen molar-refractivity contribution in [2.24, 2.45) is 5.73 Å². The minimum absolute atomic E-state index is 0.358. The summed E-state index contributed by atoms with van der Waals surface area (Å²) in [5.74, 6) is 0. The third-order valence-electron chi connectivity index (χ3n) is 1.38. The molecular formula is C7H9N3S. The topological polar surface area (TPSA) is 42.1 Å². The van der Waals surface area contributed by atoms with E-state index in [9.17, 15) is 0 Å². The summed E-state index contributed by atoms with van der Waals surface area (Å²) >= 11 is 4.78. The Hall–Kier alpha value is -1.16. The number of hydrogen-bond acceptors (Lipinski definition) is 2. The molecule has 58 valence electrons. The molecule has 0 aliphatic rings. The number of thiocarbonyl (C=S) groups is 1. The molecule has 0 atom stereocenters. The molecular weight excluding hydrogens is 158 g/mol. The van der Waals surface area contributed by atoms with Crippen LogP contribution < -0.4 is 10.6 Å². The van der Waals surface area contributed by atoms with Crippen LogP contribution in [-0.4, -0.2) is 17.1 Å². The van der Waals surface area contributed by atoms with Crippen molar-refractivity contribution in [1.29, 1.82) is 0 Å². The second-order valence-electron chi connectivity index (χ2n) is 2.10. The number of hydrogen-bond donors (Lipinski definition) is 1. The molecule has 0 unspecified atom stereocenters. The second-order valence-corrected chi connectivity index (χ2v) is 2.52. The Balaban J connectivity index is 2.85. The summed E-state index contributed by atoms with van der Waals surface area (Å²) < 4.78 is 0. The number of anilines is 1. The molecule has 0 saturated carbocycles. The third kappa shape index (κ3) is 1.88. The summed E-state index contributed by atoms with van der Waals surface area (Å²) in [6, 6.07) is 3.69. The maximum absolute atomic E-state index is 5.40. The van der Waals surface area contributed by atoms with Gasteiger partial charge in [0.15, 0.2) is 5.11 Å². The molecule has 0 radical (unpaired) electrons. The summed E-state index contributed by atoms with van der Waals surface area (Å²) in [7, 11) is 1.82. The fraction of sp³-hybridized carbons (Fsp3) is 0.143. The maximum Gasteiger partial charge on any atom is 0.170 e. The molecule has 11 heavy (non-hydrogen) atoms. The molecule has 1 rings (SSSR count). The van der Waals surface area contributed by atoms with Gasteiger partial charge in [-0.25, -0.2) is 0 Å². The molecule has 0 fully saturated rings.